The molecule has 96 valence electrons. The minimum Gasteiger partial charge on any atom is -0.395 e. The first-order valence-electron chi connectivity index (χ1n) is 6.41. The number of alkyl halides is 1. The average molecular weight is 232 g/mol. The molecule has 1 fully saturated rings. The maximum absolute atomic E-state index is 11.9. The third kappa shape index (κ3) is 4.76. The molecule has 0 unspecified atom stereocenters. The lowest BCUT2D eigenvalue weighted by atomic mass is 10.1. The first kappa shape index (κ1) is 13.9. The van der Waals surface area contributed by atoms with Gasteiger partial charge in [-0.1, -0.05) is 0 Å². The summed E-state index contributed by atoms with van der Waals surface area (Å²) >= 11 is 0. The Kier molecular flexibility index (Phi) is 6.92. The summed E-state index contributed by atoms with van der Waals surface area (Å²) in [5.41, 5.74) is 0. The summed E-state index contributed by atoms with van der Waals surface area (Å²) in [6, 6.07) is 0.530. The number of aliphatic hydroxyl groups excluding tert-OH is 1. The number of nitrogens with zero attached hydrogens (tertiary/aromatic N) is 2. The van der Waals surface area contributed by atoms with Crippen molar-refractivity contribution < 1.29 is 9.50 Å². The first-order valence-corrected chi connectivity index (χ1v) is 6.41. The summed E-state index contributed by atoms with van der Waals surface area (Å²) in [5.74, 6) is 0. The van der Waals surface area contributed by atoms with E-state index in [2.05, 4.69) is 16.7 Å². The van der Waals surface area contributed by atoms with Crippen molar-refractivity contribution in [2.24, 2.45) is 0 Å². The van der Waals surface area contributed by atoms with E-state index in [4.69, 9.17) is 5.11 Å². The number of hydrogen-bond acceptors (Lipinski definition) is 3. The van der Waals surface area contributed by atoms with E-state index in [9.17, 15) is 4.39 Å². The van der Waals surface area contributed by atoms with E-state index in [0.29, 0.717) is 12.5 Å². The number of aliphatic hydroxyl groups is 1. The lowest BCUT2D eigenvalue weighted by molar-refractivity contribution is 0.0676. The smallest absolute Gasteiger partial charge is 0.0894 e. The molecule has 0 aromatic rings. The van der Waals surface area contributed by atoms with Gasteiger partial charge in [0.1, 0.15) is 0 Å². The van der Waals surface area contributed by atoms with Crippen LogP contribution < -0.4 is 0 Å². The molecule has 0 bridgehead atoms. The van der Waals surface area contributed by atoms with Crippen molar-refractivity contribution >= 4 is 0 Å². The molecule has 1 saturated heterocycles. The molecule has 1 aliphatic rings. The second kappa shape index (κ2) is 7.98. The average Bonchev–Trinajstić information content (AvgIpc) is 2.28. The lowest BCUT2D eigenvalue weighted by Crippen LogP contribution is -2.52. The molecule has 3 nitrogen and oxygen atoms in total. The van der Waals surface area contributed by atoms with E-state index in [1.54, 1.807) is 0 Å². The predicted octanol–water partition coefficient (Wildman–Crippen LogP) is 1.12. The fourth-order valence-corrected chi connectivity index (χ4v) is 2.34. The highest BCUT2D eigenvalue weighted by atomic mass is 19.1. The molecule has 0 radical (unpaired) electrons. The molecule has 0 aromatic heterocycles. The van der Waals surface area contributed by atoms with Crippen LogP contribution in [-0.4, -0.2) is 67.0 Å². The van der Waals surface area contributed by atoms with Crippen LogP contribution in [0.4, 0.5) is 4.39 Å². The van der Waals surface area contributed by atoms with Gasteiger partial charge >= 0.3 is 0 Å². The Labute approximate surface area is 98.2 Å². The van der Waals surface area contributed by atoms with Crippen LogP contribution in [0.2, 0.25) is 0 Å². The van der Waals surface area contributed by atoms with Gasteiger partial charge in [0, 0.05) is 32.2 Å². The van der Waals surface area contributed by atoms with Crippen LogP contribution in [-0.2, 0) is 0 Å². The molecule has 1 rings (SSSR count). The monoisotopic (exact) mass is 232 g/mol. The molecule has 1 atom stereocenters. The Bertz CT molecular complexity index is 178. The lowest BCUT2D eigenvalue weighted by Gasteiger charge is -2.39. The standard InChI is InChI=1S/C12H25FN2O/c1-12-11-14(6-4-2-3-5-13)7-8-15(12)9-10-16/h12,16H,2-11H2,1H3/t12-/m1/s1. The highest BCUT2D eigenvalue weighted by Crippen LogP contribution is 2.10. The molecule has 0 amide bonds. The minimum absolute atomic E-state index is 0.180. The van der Waals surface area contributed by atoms with Crippen LogP contribution in [0.5, 0.6) is 0 Å². The molecule has 0 saturated carbocycles. The number of β-amino-alcohol motifs (C(OH)–C–C–N with tert-alkyl or cyclic N) is 1. The van der Waals surface area contributed by atoms with Crippen LogP contribution in [0, 0.1) is 0 Å². The maximum Gasteiger partial charge on any atom is 0.0894 e. The molecule has 1 aliphatic heterocycles. The highest BCUT2D eigenvalue weighted by Gasteiger charge is 2.22. The summed E-state index contributed by atoms with van der Waals surface area (Å²) < 4.78 is 11.9. The van der Waals surface area contributed by atoms with Gasteiger partial charge in [-0.05, 0) is 32.7 Å². The molecule has 1 N–H and O–H groups in total. The zero-order valence-corrected chi connectivity index (χ0v) is 10.4. The van der Waals surface area contributed by atoms with Crippen LogP contribution in [0.3, 0.4) is 0 Å². The van der Waals surface area contributed by atoms with E-state index in [-0.39, 0.29) is 13.3 Å². The second-order valence-electron chi connectivity index (χ2n) is 4.66. The Balaban J connectivity index is 2.13. The Morgan fingerprint density at radius 2 is 2.00 bits per heavy atom. The summed E-state index contributed by atoms with van der Waals surface area (Å²) in [6.07, 6.45) is 2.82. The van der Waals surface area contributed by atoms with Crippen LogP contribution in [0.1, 0.15) is 26.2 Å². The molecule has 1 heterocycles. The zero-order valence-electron chi connectivity index (χ0n) is 10.4. The third-order valence-electron chi connectivity index (χ3n) is 3.34. The first-order chi connectivity index (χ1) is 7.77. The van der Waals surface area contributed by atoms with E-state index in [0.717, 1.165) is 45.6 Å². The van der Waals surface area contributed by atoms with Crippen molar-refractivity contribution in [1.82, 2.24) is 9.80 Å². The van der Waals surface area contributed by atoms with E-state index in [1.807, 2.05) is 0 Å². The highest BCUT2D eigenvalue weighted by molar-refractivity contribution is 4.78. The Morgan fingerprint density at radius 3 is 2.62 bits per heavy atom. The van der Waals surface area contributed by atoms with Gasteiger partial charge < -0.3 is 10.0 Å². The van der Waals surface area contributed by atoms with Crippen molar-refractivity contribution in [3.05, 3.63) is 0 Å². The van der Waals surface area contributed by atoms with Crippen LogP contribution >= 0.6 is 0 Å². The zero-order chi connectivity index (χ0) is 11.8. The molecule has 4 heteroatoms. The van der Waals surface area contributed by atoms with Crippen molar-refractivity contribution in [3.8, 4) is 0 Å². The van der Waals surface area contributed by atoms with Crippen molar-refractivity contribution in [1.29, 1.82) is 0 Å². The second-order valence-corrected chi connectivity index (χ2v) is 4.66. The number of piperazine rings is 1. The van der Waals surface area contributed by atoms with E-state index >= 15 is 0 Å². The Morgan fingerprint density at radius 1 is 1.19 bits per heavy atom. The summed E-state index contributed by atoms with van der Waals surface area (Å²) in [6.45, 7) is 7.37. The number of rotatable bonds is 7. The van der Waals surface area contributed by atoms with Gasteiger partial charge in [-0.25, -0.2) is 0 Å². The van der Waals surface area contributed by atoms with E-state index in [1.165, 1.54) is 0 Å². The minimum atomic E-state index is -0.180. The fraction of sp³-hybridized carbons (Fsp3) is 1.00. The van der Waals surface area contributed by atoms with Crippen molar-refractivity contribution in [3.63, 3.8) is 0 Å². The Hall–Kier alpha value is -0.190. The molecule has 0 aromatic carbocycles. The topological polar surface area (TPSA) is 26.7 Å². The molecular formula is C12H25FN2O. The van der Waals surface area contributed by atoms with Gasteiger partial charge in [0.05, 0.1) is 13.3 Å². The number of hydrogen-bond donors (Lipinski definition) is 1. The third-order valence-corrected chi connectivity index (χ3v) is 3.34. The maximum atomic E-state index is 11.9. The molecule has 16 heavy (non-hydrogen) atoms. The molecular weight excluding hydrogens is 207 g/mol. The van der Waals surface area contributed by atoms with Crippen LogP contribution in [0.25, 0.3) is 0 Å². The largest absolute Gasteiger partial charge is 0.395 e. The van der Waals surface area contributed by atoms with Gasteiger partial charge in [-0.2, -0.15) is 0 Å². The predicted molar refractivity (Wildman–Crippen MR) is 64.4 cm³/mol. The van der Waals surface area contributed by atoms with Crippen LogP contribution in [0.15, 0.2) is 0 Å². The SMILES string of the molecule is C[C@@H]1CN(CCCCCF)CCN1CCO. The number of halogens is 1. The van der Waals surface area contributed by atoms with Gasteiger partial charge in [0.15, 0.2) is 0 Å². The van der Waals surface area contributed by atoms with Crippen molar-refractivity contribution in [2.45, 2.75) is 32.2 Å². The fourth-order valence-electron chi connectivity index (χ4n) is 2.34. The quantitative estimate of drug-likeness (QED) is 0.667. The number of unbranched alkanes of at least 4 members (excludes halogenated alkanes) is 2. The summed E-state index contributed by atoms with van der Waals surface area (Å²) in [4.78, 5) is 4.79. The van der Waals surface area contributed by atoms with E-state index < -0.39 is 0 Å². The summed E-state index contributed by atoms with van der Waals surface area (Å²) in [7, 11) is 0. The normalized spacial score (nSPS) is 23.8. The van der Waals surface area contributed by atoms with Gasteiger partial charge in [-0.3, -0.25) is 9.29 Å². The molecule has 0 aliphatic carbocycles. The molecule has 0 spiro atoms. The van der Waals surface area contributed by atoms with Gasteiger partial charge in [0.25, 0.3) is 0 Å². The summed E-state index contributed by atoms with van der Waals surface area (Å²) in [5, 5.41) is 8.91. The van der Waals surface area contributed by atoms with Gasteiger partial charge in [0.2, 0.25) is 0 Å². The van der Waals surface area contributed by atoms with Crippen molar-refractivity contribution in [2.75, 3.05) is 46.0 Å². The van der Waals surface area contributed by atoms with Gasteiger partial charge in [-0.15, -0.1) is 0 Å².